The number of rotatable bonds is 7. The summed E-state index contributed by atoms with van der Waals surface area (Å²) in [5, 5.41) is 4.16. The molecule has 1 N–H and O–H groups in total. The molecule has 1 fully saturated rings. The highest BCUT2D eigenvalue weighted by atomic mass is 32.1. The number of thiocarbonyl (C=S) groups is 1. The van der Waals surface area contributed by atoms with Crippen molar-refractivity contribution in [1.29, 1.82) is 0 Å². The molecule has 7 nitrogen and oxygen atoms in total. The zero-order valence-corrected chi connectivity index (χ0v) is 22.4. The van der Waals surface area contributed by atoms with Gasteiger partial charge in [-0.2, -0.15) is 0 Å². The highest BCUT2D eigenvalue weighted by Gasteiger charge is 2.42. The number of anilines is 1. The number of pyridine rings is 2. The summed E-state index contributed by atoms with van der Waals surface area (Å²) in [6, 6.07) is 29.3. The van der Waals surface area contributed by atoms with Crippen LogP contribution in [0, 0.1) is 6.92 Å². The van der Waals surface area contributed by atoms with E-state index >= 15 is 0 Å². The van der Waals surface area contributed by atoms with Crippen molar-refractivity contribution >= 4 is 23.0 Å². The molecule has 0 bridgehead atoms. The van der Waals surface area contributed by atoms with Gasteiger partial charge in [-0.15, -0.1) is 0 Å². The highest BCUT2D eigenvalue weighted by Crippen LogP contribution is 2.42. The van der Waals surface area contributed by atoms with Gasteiger partial charge in [0.15, 0.2) is 5.11 Å². The molecule has 2 aromatic carbocycles. The quantitative estimate of drug-likeness (QED) is 0.238. The Morgan fingerprint density at radius 2 is 1.56 bits per heavy atom. The molecule has 6 rings (SSSR count). The largest absolute Gasteiger partial charge is 0.497 e. The van der Waals surface area contributed by atoms with Gasteiger partial charge in [0.05, 0.1) is 18.8 Å². The van der Waals surface area contributed by atoms with Crippen molar-refractivity contribution in [2.75, 3.05) is 12.0 Å². The van der Waals surface area contributed by atoms with Crippen molar-refractivity contribution in [3.8, 4) is 23.1 Å². The number of methoxy groups -OCH3 is 1. The monoisotopic (exact) mass is 533 g/mol. The normalized spacial score (nSPS) is 16.7. The minimum atomic E-state index is -0.168. The smallest absolute Gasteiger partial charge is 0.174 e. The summed E-state index contributed by atoms with van der Waals surface area (Å²) in [5.74, 6) is 3.10. The minimum absolute atomic E-state index is 0.159. The Balaban J connectivity index is 1.36. The Labute approximate surface area is 232 Å². The van der Waals surface area contributed by atoms with Gasteiger partial charge in [-0.3, -0.25) is 4.98 Å². The maximum atomic E-state index is 6.05. The van der Waals surface area contributed by atoms with Crippen LogP contribution in [0.4, 0.5) is 5.69 Å². The van der Waals surface area contributed by atoms with Crippen LogP contribution in [0.15, 0.2) is 110 Å². The number of hydrogen-bond donors (Lipinski definition) is 1. The molecule has 3 aromatic heterocycles. The molecule has 194 valence electrons. The zero-order chi connectivity index (χ0) is 26.8. The fourth-order valence-corrected chi connectivity index (χ4v) is 5.18. The van der Waals surface area contributed by atoms with E-state index in [1.165, 1.54) is 0 Å². The summed E-state index contributed by atoms with van der Waals surface area (Å²) in [6.07, 6.45) is 5.73. The SMILES string of the molecule is COc1ccc(Oc2ccc(N3C(=S)N[C@@H](c4ccccn4)[C@H]3c3cccn3-c3ccc(C)cn3)cc2)cc1. The van der Waals surface area contributed by atoms with Crippen LogP contribution < -0.4 is 19.7 Å². The first-order chi connectivity index (χ1) is 19.1. The molecule has 5 aromatic rings. The van der Waals surface area contributed by atoms with E-state index in [1.54, 1.807) is 7.11 Å². The number of ether oxygens (including phenoxy) is 2. The lowest BCUT2D eigenvalue weighted by Gasteiger charge is -2.29. The Bertz CT molecular complexity index is 1570. The first kappa shape index (κ1) is 24.6. The molecule has 1 aliphatic heterocycles. The predicted octanol–water partition coefficient (Wildman–Crippen LogP) is 6.55. The first-order valence-electron chi connectivity index (χ1n) is 12.6. The van der Waals surface area contributed by atoms with Gasteiger partial charge in [0.25, 0.3) is 0 Å². The van der Waals surface area contributed by atoms with Crippen molar-refractivity contribution in [2.24, 2.45) is 0 Å². The second-order valence-corrected chi connectivity index (χ2v) is 9.65. The second kappa shape index (κ2) is 10.6. The average Bonchev–Trinajstić information content (AvgIpc) is 3.59. The molecule has 0 spiro atoms. The second-order valence-electron chi connectivity index (χ2n) is 9.26. The number of hydrogen-bond acceptors (Lipinski definition) is 5. The summed E-state index contributed by atoms with van der Waals surface area (Å²) >= 11 is 5.91. The van der Waals surface area contributed by atoms with Crippen molar-refractivity contribution < 1.29 is 9.47 Å². The number of aromatic nitrogens is 3. The molecule has 39 heavy (non-hydrogen) atoms. The van der Waals surface area contributed by atoms with Crippen molar-refractivity contribution in [3.05, 3.63) is 127 Å². The summed E-state index contributed by atoms with van der Waals surface area (Å²) in [5.41, 5.74) is 4.02. The summed E-state index contributed by atoms with van der Waals surface area (Å²) in [4.78, 5) is 11.5. The zero-order valence-electron chi connectivity index (χ0n) is 21.6. The van der Waals surface area contributed by atoms with E-state index in [0.29, 0.717) is 5.11 Å². The molecule has 1 aliphatic rings. The summed E-state index contributed by atoms with van der Waals surface area (Å²) in [6.45, 7) is 2.04. The standard InChI is InChI=1S/C31H27N5O2S/c1-21-8-17-28(33-20-21)35-19-5-7-27(35)30-29(26-6-3-4-18-32-26)34-31(39)36(30)22-9-11-24(12-10-22)38-25-15-13-23(37-2)14-16-25/h3-20,29-30H,1-2H3,(H,34,39)/t29-,30+/m0/s1. The molecule has 8 heteroatoms. The topological polar surface area (TPSA) is 64.4 Å². The van der Waals surface area contributed by atoms with Crippen LogP contribution in [0.2, 0.25) is 0 Å². The lowest BCUT2D eigenvalue weighted by atomic mass is 10.0. The van der Waals surface area contributed by atoms with E-state index in [9.17, 15) is 0 Å². The van der Waals surface area contributed by atoms with E-state index in [1.807, 2.05) is 104 Å². The fourth-order valence-electron chi connectivity index (χ4n) is 4.83. The Hall–Kier alpha value is -4.69. The van der Waals surface area contributed by atoms with Gasteiger partial charge in [-0.25, -0.2) is 4.98 Å². The van der Waals surface area contributed by atoms with E-state index in [4.69, 9.17) is 21.7 Å². The number of benzene rings is 2. The van der Waals surface area contributed by atoms with Crippen LogP contribution in [-0.4, -0.2) is 26.8 Å². The van der Waals surface area contributed by atoms with E-state index < -0.39 is 0 Å². The first-order valence-corrected chi connectivity index (χ1v) is 13.0. The molecule has 2 atom stereocenters. The maximum Gasteiger partial charge on any atom is 0.174 e. The lowest BCUT2D eigenvalue weighted by molar-refractivity contribution is 0.413. The third-order valence-electron chi connectivity index (χ3n) is 6.73. The van der Waals surface area contributed by atoms with Crippen LogP contribution in [0.25, 0.3) is 5.82 Å². The molecule has 0 aliphatic carbocycles. The molecule has 0 saturated carbocycles. The van der Waals surface area contributed by atoms with E-state index in [2.05, 4.69) is 36.9 Å². The molecule has 1 saturated heterocycles. The number of nitrogens with zero attached hydrogens (tertiary/aromatic N) is 4. The summed E-state index contributed by atoms with van der Waals surface area (Å²) in [7, 11) is 1.64. The van der Waals surface area contributed by atoms with Gasteiger partial charge < -0.3 is 24.3 Å². The van der Waals surface area contributed by atoms with Gasteiger partial charge in [-0.1, -0.05) is 12.1 Å². The Kier molecular flexibility index (Phi) is 6.69. The van der Waals surface area contributed by atoms with Crippen LogP contribution in [-0.2, 0) is 0 Å². The van der Waals surface area contributed by atoms with E-state index in [0.717, 1.165) is 45.7 Å². The molecular weight excluding hydrogens is 506 g/mol. The van der Waals surface area contributed by atoms with Crippen molar-refractivity contribution in [2.45, 2.75) is 19.0 Å². The lowest BCUT2D eigenvalue weighted by Crippen LogP contribution is -2.30. The van der Waals surface area contributed by atoms with Gasteiger partial charge in [-0.05, 0) is 104 Å². The fraction of sp³-hybridized carbons (Fsp3) is 0.129. The molecule has 0 amide bonds. The summed E-state index contributed by atoms with van der Waals surface area (Å²) < 4.78 is 13.4. The van der Waals surface area contributed by atoms with Gasteiger partial charge in [0.1, 0.15) is 29.1 Å². The average molecular weight is 534 g/mol. The third-order valence-corrected chi connectivity index (χ3v) is 7.05. The minimum Gasteiger partial charge on any atom is -0.497 e. The molecule has 0 radical (unpaired) electrons. The highest BCUT2D eigenvalue weighted by molar-refractivity contribution is 7.80. The molecular formula is C31H27N5O2S. The Morgan fingerprint density at radius 3 is 2.23 bits per heavy atom. The molecule has 0 unspecified atom stereocenters. The predicted molar refractivity (Wildman–Crippen MR) is 156 cm³/mol. The third kappa shape index (κ3) is 4.94. The van der Waals surface area contributed by atoms with Gasteiger partial charge >= 0.3 is 0 Å². The van der Waals surface area contributed by atoms with Crippen LogP contribution in [0.3, 0.4) is 0 Å². The maximum absolute atomic E-state index is 6.05. The van der Waals surface area contributed by atoms with Gasteiger partial charge in [0.2, 0.25) is 0 Å². The van der Waals surface area contributed by atoms with Gasteiger partial charge in [0, 0.05) is 30.0 Å². The molecule has 4 heterocycles. The van der Waals surface area contributed by atoms with Crippen molar-refractivity contribution in [3.63, 3.8) is 0 Å². The number of nitrogens with one attached hydrogen (secondary N) is 1. The van der Waals surface area contributed by atoms with Crippen LogP contribution in [0.1, 0.15) is 29.0 Å². The van der Waals surface area contributed by atoms with Crippen LogP contribution in [0.5, 0.6) is 17.2 Å². The Morgan fingerprint density at radius 1 is 0.821 bits per heavy atom. The van der Waals surface area contributed by atoms with Crippen LogP contribution >= 0.6 is 12.2 Å². The van der Waals surface area contributed by atoms with E-state index in [-0.39, 0.29) is 12.1 Å². The number of aryl methyl sites for hydroxylation is 1. The van der Waals surface area contributed by atoms with Crippen molar-refractivity contribution in [1.82, 2.24) is 19.9 Å².